The number of likely N-dealkylation sites (N-methyl/N-ethyl adjacent to an activating group) is 1. The van der Waals surface area contributed by atoms with Gasteiger partial charge < -0.3 is 29.3 Å². The highest BCUT2D eigenvalue weighted by atomic mass is 16.5. The summed E-state index contributed by atoms with van der Waals surface area (Å²) in [6, 6.07) is 0. The Morgan fingerprint density at radius 2 is 1.41 bits per heavy atom. The number of aliphatic carboxylic acids is 2. The molecular formula is C21H39NO7. The predicted molar refractivity (Wildman–Crippen MR) is 107 cm³/mol. The molecule has 8 heteroatoms. The lowest BCUT2D eigenvalue weighted by Gasteiger charge is -2.29. The Hall–Kier alpha value is -1.67. The first-order chi connectivity index (χ1) is 13.5. The zero-order chi connectivity index (χ0) is 22.3. The number of carbonyl (C=O) groups excluding carboxylic acids is 2. The summed E-state index contributed by atoms with van der Waals surface area (Å²) in [6.07, 6.45) is 6.10. The summed E-state index contributed by atoms with van der Waals surface area (Å²) >= 11 is 0. The third kappa shape index (κ3) is 19.4. The van der Waals surface area contributed by atoms with E-state index >= 15 is 0 Å². The van der Waals surface area contributed by atoms with Gasteiger partial charge in [-0.1, -0.05) is 32.1 Å². The largest absolute Gasteiger partial charge is 0.550 e. The van der Waals surface area contributed by atoms with Crippen LogP contribution in [0.3, 0.4) is 0 Å². The van der Waals surface area contributed by atoms with Crippen molar-refractivity contribution in [1.82, 2.24) is 0 Å². The molecule has 0 rings (SSSR count). The lowest BCUT2D eigenvalue weighted by molar-refractivity contribution is -0.873. The van der Waals surface area contributed by atoms with Crippen molar-refractivity contribution in [3.05, 3.63) is 0 Å². The number of rotatable bonds is 18. The molecule has 0 aromatic carbocycles. The van der Waals surface area contributed by atoms with Gasteiger partial charge in [-0.25, -0.2) is 0 Å². The Kier molecular flexibility index (Phi) is 14.3. The van der Waals surface area contributed by atoms with Crippen LogP contribution in [-0.2, 0) is 19.1 Å². The van der Waals surface area contributed by atoms with Gasteiger partial charge in [0.1, 0.15) is 6.54 Å². The zero-order valence-electron chi connectivity index (χ0n) is 18.2. The minimum Gasteiger partial charge on any atom is -0.550 e. The number of carbonyl (C=O) groups is 3. The summed E-state index contributed by atoms with van der Waals surface area (Å²) in [5.74, 6) is -2.39. The van der Waals surface area contributed by atoms with Gasteiger partial charge in [0.15, 0.2) is 6.10 Å². The average molecular weight is 418 g/mol. The van der Waals surface area contributed by atoms with Gasteiger partial charge in [0, 0.05) is 25.2 Å². The number of aliphatic hydroxyl groups is 1. The van der Waals surface area contributed by atoms with Crippen LogP contribution in [0.2, 0.25) is 0 Å². The topological polar surface area (TPSA) is 124 Å². The van der Waals surface area contributed by atoms with Gasteiger partial charge >= 0.3 is 11.9 Å². The lowest BCUT2D eigenvalue weighted by Crippen LogP contribution is -2.45. The molecule has 0 bridgehead atoms. The standard InChI is InChI=1S/C21H39NO7/c1-22(2,3)16-18(15-20(26)27)29-21(28)14-10-6-8-12-17(23)11-7-4-5-9-13-19(24)25/h17-18,23H,4-16H2,1-3H3,(H-,24,25,26,27). The van der Waals surface area contributed by atoms with Crippen LogP contribution in [0.5, 0.6) is 0 Å². The van der Waals surface area contributed by atoms with E-state index in [2.05, 4.69) is 0 Å². The maximum atomic E-state index is 12.0. The second kappa shape index (κ2) is 15.2. The zero-order valence-corrected chi connectivity index (χ0v) is 18.2. The molecule has 0 heterocycles. The highest BCUT2D eigenvalue weighted by molar-refractivity contribution is 5.70. The first-order valence-electron chi connectivity index (χ1n) is 10.6. The summed E-state index contributed by atoms with van der Waals surface area (Å²) < 4.78 is 5.79. The molecule has 0 radical (unpaired) electrons. The number of aliphatic hydroxyl groups excluding tert-OH is 1. The fourth-order valence-electron chi connectivity index (χ4n) is 3.17. The van der Waals surface area contributed by atoms with E-state index in [0.29, 0.717) is 36.7 Å². The van der Waals surface area contributed by atoms with E-state index < -0.39 is 24.0 Å². The van der Waals surface area contributed by atoms with Crippen LogP contribution in [0, 0.1) is 0 Å². The molecule has 2 atom stereocenters. The summed E-state index contributed by atoms with van der Waals surface area (Å²) in [7, 11) is 5.70. The van der Waals surface area contributed by atoms with Gasteiger partial charge in [0.05, 0.1) is 27.2 Å². The van der Waals surface area contributed by atoms with Crippen molar-refractivity contribution in [2.45, 2.75) is 89.3 Å². The van der Waals surface area contributed by atoms with Crippen LogP contribution in [0.25, 0.3) is 0 Å². The summed E-state index contributed by atoms with van der Waals surface area (Å²) in [4.78, 5) is 33.2. The van der Waals surface area contributed by atoms with E-state index in [4.69, 9.17) is 9.84 Å². The van der Waals surface area contributed by atoms with Crippen molar-refractivity contribution < 1.29 is 38.9 Å². The van der Waals surface area contributed by atoms with Crippen LogP contribution < -0.4 is 5.11 Å². The van der Waals surface area contributed by atoms with Gasteiger partial charge in [-0.2, -0.15) is 0 Å². The van der Waals surface area contributed by atoms with Gasteiger partial charge in [-0.05, 0) is 25.7 Å². The second-order valence-electron chi connectivity index (χ2n) is 8.76. The van der Waals surface area contributed by atoms with Crippen LogP contribution in [0.1, 0.15) is 77.0 Å². The Balaban J connectivity index is 3.82. The molecule has 8 nitrogen and oxygen atoms in total. The van der Waals surface area contributed by atoms with E-state index in [1.807, 2.05) is 21.1 Å². The summed E-state index contributed by atoms with van der Waals surface area (Å²) in [5.41, 5.74) is 0. The molecule has 29 heavy (non-hydrogen) atoms. The average Bonchev–Trinajstić information content (AvgIpc) is 2.55. The van der Waals surface area contributed by atoms with E-state index in [9.17, 15) is 24.6 Å². The summed E-state index contributed by atoms with van der Waals surface area (Å²) in [5, 5.41) is 29.4. The number of hydrogen-bond donors (Lipinski definition) is 2. The Bertz CT molecular complexity index is 488. The Morgan fingerprint density at radius 3 is 1.93 bits per heavy atom. The third-order valence-electron chi connectivity index (χ3n) is 4.54. The smallest absolute Gasteiger partial charge is 0.306 e. The maximum Gasteiger partial charge on any atom is 0.306 e. The van der Waals surface area contributed by atoms with Crippen molar-refractivity contribution >= 4 is 17.9 Å². The number of carboxylic acids is 2. The van der Waals surface area contributed by atoms with Crippen LogP contribution in [-0.4, -0.2) is 72.5 Å². The molecule has 0 aliphatic carbocycles. The molecule has 2 unspecified atom stereocenters. The van der Waals surface area contributed by atoms with E-state index in [1.54, 1.807) is 0 Å². The van der Waals surface area contributed by atoms with Crippen LogP contribution >= 0.6 is 0 Å². The number of nitrogens with zero attached hydrogens (tertiary/aromatic N) is 1. The monoisotopic (exact) mass is 417 g/mol. The Morgan fingerprint density at radius 1 is 0.897 bits per heavy atom. The molecule has 0 saturated carbocycles. The van der Waals surface area contributed by atoms with E-state index in [1.165, 1.54) is 0 Å². The van der Waals surface area contributed by atoms with Crippen molar-refractivity contribution in [2.24, 2.45) is 0 Å². The molecule has 0 spiro atoms. The fourth-order valence-corrected chi connectivity index (χ4v) is 3.17. The number of ether oxygens (including phenoxy) is 1. The highest BCUT2D eigenvalue weighted by Crippen LogP contribution is 2.14. The first-order valence-corrected chi connectivity index (χ1v) is 10.6. The van der Waals surface area contributed by atoms with Crippen molar-refractivity contribution in [2.75, 3.05) is 27.7 Å². The molecule has 0 aromatic heterocycles. The van der Waals surface area contributed by atoms with E-state index in [0.717, 1.165) is 32.1 Å². The number of esters is 1. The molecule has 0 aromatic rings. The SMILES string of the molecule is C[N+](C)(C)CC(CC(=O)[O-])OC(=O)CCCCCC(O)CCCCCCC(=O)O. The highest BCUT2D eigenvalue weighted by Gasteiger charge is 2.22. The second-order valence-corrected chi connectivity index (χ2v) is 8.76. The molecular weight excluding hydrogens is 378 g/mol. The molecule has 0 amide bonds. The minimum atomic E-state index is -1.23. The number of carboxylic acid groups (broad SMARTS) is 2. The van der Waals surface area contributed by atoms with Crippen LogP contribution in [0.4, 0.5) is 0 Å². The molecule has 0 fully saturated rings. The summed E-state index contributed by atoms with van der Waals surface area (Å²) in [6.45, 7) is 0.405. The van der Waals surface area contributed by atoms with Gasteiger partial charge in [-0.15, -0.1) is 0 Å². The van der Waals surface area contributed by atoms with Crippen molar-refractivity contribution in [3.8, 4) is 0 Å². The number of unbranched alkanes of at least 4 members (excludes halogenated alkanes) is 5. The van der Waals surface area contributed by atoms with Crippen molar-refractivity contribution in [3.63, 3.8) is 0 Å². The number of hydrogen-bond acceptors (Lipinski definition) is 6. The van der Waals surface area contributed by atoms with Gasteiger partial charge in [0.2, 0.25) is 0 Å². The van der Waals surface area contributed by atoms with E-state index in [-0.39, 0.29) is 25.4 Å². The molecule has 0 saturated heterocycles. The maximum absolute atomic E-state index is 12.0. The Labute approximate surface area is 174 Å². The minimum absolute atomic E-state index is 0.203. The van der Waals surface area contributed by atoms with Gasteiger partial charge in [0.25, 0.3) is 0 Å². The molecule has 2 N–H and O–H groups in total. The van der Waals surface area contributed by atoms with Crippen molar-refractivity contribution in [1.29, 1.82) is 0 Å². The molecule has 0 aliphatic heterocycles. The predicted octanol–water partition coefficient (Wildman–Crippen LogP) is 1.48. The van der Waals surface area contributed by atoms with Crippen LogP contribution in [0.15, 0.2) is 0 Å². The first kappa shape index (κ1) is 27.3. The lowest BCUT2D eigenvalue weighted by atomic mass is 10.0. The number of quaternary nitrogens is 1. The quantitative estimate of drug-likeness (QED) is 0.197. The third-order valence-corrected chi connectivity index (χ3v) is 4.54. The van der Waals surface area contributed by atoms with Gasteiger partial charge in [-0.3, -0.25) is 9.59 Å². The molecule has 170 valence electrons. The fraction of sp³-hybridized carbons (Fsp3) is 0.857. The normalized spacial score (nSPS) is 13.7. The molecule has 0 aliphatic rings.